The number of anilines is 1. The maximum atomic E-state index is 13.0. The van der Waals surface area contributed by atoms with Crippen LogP contribution in [0, 0.1) is 5.92 Å². The van der Waals surface area contributed by atoms with Gasteiger partial charge in [0, 0.05) is 37.0 Å². The molecular weight excluding hydrogens is 356 g/mol. The number of carbonyl (C=O) groups is 1. The number of para-hydroxylation sites is 2. The van der Waals surface area contributed by atoms with Crippen LogP contribution in [0.3, 0.4) is 0 Å². The van der Waals surface area contributed by atoms with Crippen LogP contribution in [0.25, 0.3) is 11.0 Å². The molecule has 1 saturated heterocycles. The number of thiophene rings is 1. The summed E-state index contributed by atoms with van der Waals surface area (Å²) in [6, 6.07) is 10.1. The van der Waals surface area contributed by atoms with Crippen LogP contribution in [0.2, 0.25) is 0 Å². The molecule has 0 N–H and O–H groups in total. The van der Waals surface area contributed by atoms with E-state index in [1.54, 1.807) is 0 Å². The highest BCUT2D eigenvalue weighted by Crippen LogP contribution is 2.28. The van der Waals surface area contributed by atoms with Crippen LogP contribution in [-0.4, -0.2) is 40.4 Å². The minimum Gasteiger partial charge on any atom is -0.355 e. The van der Waals surface area contributed by atoms with Gasteiger partial charge in [0.05, 0.1) is 17.2 Å². The molecule has 0 atom stereocenters. The molecule has 0 unspecified atom stereocenters. The Hall–Kier alpha value is -2.47. The quantitative estimate of drug-likeness (QED) is 0.685. The first-order valence-corrected chi connectivity index (χ1v) is 10.5. The number of hydrogen-bond donors (Lipinski definition) is 0. The van der Waals surface area contributed by atoms with E-state index in [1.165, 1.54) is 10.4 Å². The second kappa shape index (κ2) is 6.93. The molecule has 1 fully saturated rings. The smallest absolute Gasteiger partial charge is 0.226 e. The molecule has 0 aliphatic carbocycles. The summed E-state index contributed by atoms with van der Waals surface area (Å²) in [5.41, 5.74) is 3.18. The summed E-state index contributed by atoms with van der Waals surface area (Å²) < 4.78 is 0. The van der Waals surface area contributed by atoms with Crippen LogP contribution in [-0.2, 0) is 17.8 Å². The highest BCUT2D eigenvalue weighted by atomic mass is 32.1. The number of benzene rings is 1. The molecule has 5 nitrogen and oxygen atoms in total. The highest BCUT2D eigenvalue weighted by molar-refractivity contribution is 7.10. The maximum absolute atomic E-state index is 13.0. The molecule has 3 aromatic rings. The monoisotopic (exact) mass is 378 g/mol. The number of rotatable bonds is 2. The third kappa shape index (κ3) is 3.18. The van der Waals surface area contributed by atoms with Crippen LogP contribution in [0.5, 0.6) is 0 Å². The van der Waals surface area contributed by atoms with E-state index in [4.69, 9.17) is 4.98 Å². The van der Waals surface area contributed by atoms with E-state index in [0.29, 0.717) is 5.91 Å². The van der Waals surface area contributed by atoms with Gasteiger partial charge < -0.3 is 9.80 Å². The molecule has 5 rings (SSSR count). The first-order valence-electron chi connectivity index (χ1n) is 9.59. The number of aromatic nitrogens is 2. The second-order valence-electron chi connectivity index (χ2n) is 7.36. The Morgan fingerprint density at radius 1 is 1.07 bits per heavy atom. The molecule has 2 aliphatic heterocycles. The fraction of sp³-hybridized carbons (Fsp3) is 0.381. The summed E-state index contributed by atoms with van der Waals surface area (Å²) in [5.74, 6) is 1.38. The topological polar surface area (TPSA) is 49.3 Å². The third-order valence-electron chi connectivity index (χ3n) is 5.72. The fourth-order valence-electron chi connectivity index (χ4n) is 4.15. The maximum Gasteiger partial charge on any atom is 0.226 e. The van der Waals surface area contributed by atoms with Crippen LogP contribution in [0.4, 0.5) is 5.82 Å². The molecule has 4 heterocycles. The number of carbonyl (C=O) groups excluding carboxylic acids is 1. The van der Waals surface area contributed by atoms with Crippen molar-refractivity contribution < 1.29 is 4.79 Å². The van der Waals surface area contributed by atoms with Crippen molar-refractivity contribution in [3.63, 3.8) is 0 Å². The lowest BCUT2D eigenvalue weighted by atomic mass is 9.94. The fourth-order valence-corrected chi connectivity index (χ4v) is 5.04. The molecule has 6 heteroatoms. The van der Waals surface area contributed by atoms with Crippen molar-refractivity contribution in [3.05, 3.63) is 52.3 Å². The van der Waals surface area contributed by atoms with Gasteiger partial charge in [0.15, 0.2) is 0 Å². The largest absolute Gasteiger partial charge is 0.355 e. The molecule has 0 radical (unpaired) electrons. The molecule has 0 spiro atoms. The van der Waals surface area contributed by atoms with Gasteiger partial charge in [-0.15, -0.1) is 11.3 Å². The van der Waals surface area contributed by atoms with Gasteiger partial charge >= 0.3 is 0 Å². The summed E-state index contributed by atoms with van der Waals surface area (Å²) in [6.45, 7) is 3.37. The summed E-state index contributed by atoms with van der Waals surface area (Å²) in [5, 5.41) is 2.14. The molecule has 1 amide bonds. The Morgan fingerprint density at radius 3 is 2.74 bits per heavy atom. The van der Waals surface area contributed by atoms with E-state index in [2.05, 4.69) is 26.2 Å². The van der Waals surface area contributed by atoms with Gasteiger partial charge in [0.1, 0.15) is 5.82 Å². The van der Waals surface area contributed by atoms with Crippen molar-refractivity contribution in [1.82, 2.24) is 14.9 Å². The SMILES string of the molecule is O=C(C1CCN(c2cnc3ccccc3n2)CC1)N1CCc2sccc2C1. The second-order valence-corrected chi connectivity index (χ2v) is 8.36. The first-order chi connectivity index (χ1) is 13.3. The summed E-state index contributed by atoms with van der Waals surface area (Å²) in [7, 11) is 0. The van der Waals surface area contributed by atoms with Crippen molar-refractivity contribution in [2.45, 2.75) is 25.8 Å². The van der Waals surface area contributed by atoms with Gasteiger partial charge in [-0.05, 0) is 48.4 Å². The van der Waals surface area contributed by atoms with Crippen molar-refractivity contribution >= 4 is 34.1 Å². The van der Waals surface area contributed by atoms with Crippen molar-refractivity contribution in [2.75, 3.05) is 24.5 Å². The van der Waals surface area contributed by atoms with E-state index < -0.39 is 0 Å². The van der Waals surface area contributed by atoms with Gasteiger partial charge in [-0.2, -0.15) is 0 Å². The summed E-state index contributed by atoms with van der Waals surface area (Å²) >= 11 is 1.82. The van der Waals surface area contributed by atoms with Gasteiger partial charge in [0.25, 0.3) is 0 Å². The lowest BCUT2D eigenvalue weighted by Gasteiger charge is -2.36. The zero-order chi connectivity index (χ0) is 18.2. The number of amides is 1. The molecule has 138 valence electrons. The Balaban J connectivity index is 1.24. The van der Waals surface area contributed by atoms with Crippen molar-refractivity contribution in [3.8, 4) is 0 Å². The average Bonchev–Trinajstić information content (AvgIpc) is 3.21. The molecule has 2 aliphatic rings. The van der Waals surface area contributed by atoms with E-state index in [9.17, 15) is 4.79 Å². The Morgan fingerprint density at radius 2 is 1.89 bits per heavy atom. The zero-order valence-corrected chi connectivity index (χ0v) is 16.0. The van der Waals surface area contributed by atoms with Crippen LogP contribution in [0.15, 0.2) is 41.9 Å². The van der Waals surface area contributed by atoms with Gasteiger partial charge in [0.2, 0.25) is 5.91 Å². The predicted octanol–water partition coefficient (Wildman–Crippen LogP) is 3.49. The predicted molar refractivity (Wildman–Crippen MR) is 108 cm³/mol. The normalized spacial score (nSPS) is 17.9. The number of piperidine rings is 1. The first kappa shape index (κ1) is 16.7. The molecule has 0 saturated carbocycles. The number of nitrogens with zero attached hydrogens (tertiary/aromatic N) is 4. The zero-order valence-electron chi connectivity index (χ0n) is 15.2. The molecule has 1 aromatic carbocycles. The molecule has 27 heavy (non-hydrogen) atoms. The lowest BCUT2D eigenvalue weighted by Crippen LogP contribution is -2.44. The lowest BCUT2D eigenvalue weighted by molar-refractivity contribution is -0.137. The van der Waals surface area contributed by atoms with Crippen LogP contribution in [0.1, 0.15) is 23.3 Å². The standard InChI is InChI=1S/C21H22N4OS/c26-21(25-11-7-19-16(14-25)8-12-27-19)15-5-9-24(10-6-15)20-13-22-17-3-1-2-4-18(17)23-20/h1-4,8,12-13,15H,5-7,9-11,14H2. The van der Waals surface area contributed by atoms with E-state index >= 15 is 0 Å². The number of fused-ring (bicyclic) bond motifs is 2. The van der Waals surface area contributed by atoms with E-state index in [-0.39, 0.29) is 5.92 Å². The summed E-state index contributed by atoms with van der Waals surface area (Å²) in [6.07, 6.45) is 4.64. The van der Waals surface area contributed by atoms with Gasteiger partial charge in [-0.1, -0.05) is 12.1 Å². The Bertz CT molecular complexity index is 977. The van der Waals surface area contributed by atoms with Crippen molar-refractivity contribution in [2.24, 2.45) is 5.92 Å². The van der Waals surface area contributed by atoms with Gasteiger partial charge in [-0.3, -0.25) is 9.78 Å². The molecular formula is C21H22N4OS. The Kier molecular flexibility index (Phi) is 4.28. The number of hydrogen-bond acceptors (Lipinski definition) is 5. The third-order valence-corrected chi connectivity index (χ3v) is 6.75. The van der Waals surface area contributed by atoms with E-state index in [0.717, 1.165) is 62.3 Å². The minimum atomic E-state index is 0.134. The van der Waals surface area contributed by atoms with E-state index in [1.807, 2.05) is 41.8 Å². The Labute approximate surface area is 162 Å². The highest BCUT2D eigenvalue weighted by Gasteiger charge is 2.31. The molecule has 2 aromatic heterocycles. The van der Waals surface area contributed by atoms with Crippen LogP contribution < -0.4 is 4.90 Å². The molecule has 0 bridgehead atoms. The average molecular weight is 379 g/mol. The van der Waals surface area contributed by atoms with Gasteiger partial charge in [-0.25, -0.2) is 4.98 Å². The summed E-state index contributed by atoms with van der Waals surface area (Å²) in [4.78, 5) is 28.0. The minimum absolute atomic E-state index is 0.134. The van der Waals surface area contributed by atoms with Crippen molar-refractivity contribution in [1.29, 1.82) is 0 Å². The van der Waals surface area contributed by atoms with Crippen LogP contribution >= 0.6 is 11.3 Å².